The molecule has 0 N–H and O–H groups in total. The summed E-state index contributed by atoms with van der Waals surface area (Å²) in [5.41, 5.74) is 0. The highest BCUT2D eigenvalue weighted by Gasteiger charge is 2.40. The Bertz CT molecular complexity index is 577. The zero-order valence-corrected chi connectivity index (χ0v) is 14.9. The largest absolute Gasteiger partial charge is 0.542 e. The van der Waals surface area contributed by atoms with Crippen molar-refractivity contribution in [3.63, 3.8) is 0 Å². The molecule has 1 rings (SSSR count). The van der Waals surface area contributed by atoms with E-state index in [1.54, 1.807) is 6.07 Å². The third-order valence-corrected chi connectivity index (χ3v) is 9.33. The molecule has 7 heteroatoms. The molecule has 0 spiro atoms. The lowest BCUT2D eigenvalue weighted by Gasteiger charge is -2.37. The normalized spacial score (nSPS) is 13.4. The van der Waals surface area contributed by atoms with Crippen LogP contribution in [0.3, 0.4) is 0 Å². The molecular weight excluding hydrogens is 323 g/mol. The van der Waals surface area contributed by atoms with Gasteiger partial charge in [-0.1, -0.05) is 38.4 Å². The van der Waals surface area contributed by atoms with Gasteiger partial charge in [-0.3, -0.25) is 0 Å². The summed E-state index contributed by atoms with van der Waals surface area (Å²) in [7, 11) is -0.656. The lowest BCUT2D eigenvalue weighted by atomic mass is 10.2. The molecule has 0 fully saturated rings. The van der Waals surface area contributed by atoms with Crippen LogP contribution in [-0.2, 0) is 9.05 Å². The third-order valence-electron chi connectivity index (χ3n) is 3.36. The van der Waals surface area contributed by atoms with Crippen molar-refractivity contribution in [1.82, 2.24) is 0 Å². The highest BCUT2D eigenvalue weighted by Crippen LogP contribution is 2.42. The van der Waals surface area contributed by atoms with E-state index in [9.17, 15) is 8.42 Å². The van der Waals surface area contributed by atoms with E-state index in [1.807, 2.05) is 13.1 Å². The number of rotatable bonds is 3. The summed E-state index contributed by atoms with van der Waals surface area (Å²) in [6.07, 6.45) is 0. The molecular formula is C12H18Cl2O3SSi. The molecule has 0 bridgehead atoms. The Morgan fingerprint density at radius 3 is 2.16 bits per heavy atom. The minimum absolute atomic E-state index is 0.0699. The summed E-state index contributed by atoms with van der Waals surface area (Å²) in [6.45, 7) is 10.2. The Balaban J connectivity index is 3.37. The van der Waals surface area contributed by atoms with Crippen molar-refractivity contribution >= 4 is 39.7 Å². The van der Waals surface area contributed by atoms with Crippen LogP contribution in [-0.4, -0.2) is 16.7 Å². The van der Waals surface area contributed by atoms with Gasteiger partial charge in [0.1, 0.15) is 10.6 Å². The maximum atomic E-state index is 11.6. The van der Waals surface area contributed by atoms with Gasteiger partial charge >= 0.3 is 0 Å². The fraction of sp³-hybridized carbons (Fsp3) is 0.500. The zero-order valence-electron chi connectivity index (χ0n) is 11.6. The van der Waals surface area contributed by atoms with Gasteiger partial charge in [0, 0.05) is 10.7 Å². The maximum Gasteiger partial charge on any atom is 0.264 e. The van der Waals surface area contributed by atoms with E-state index < -0.39 is 17.4 Å². The van der Waals surface area contributed by atoms with Crippen molar-refractivity contribution < 1.29 is 12.8 Å². The Hall–Kier alpha value is -0.233. The van der Waals surface area contributed by atoms with E-state index in [0.717, 1.165) is 0 Å². The molecule has 1 aromatic carbocycles. The molecule has 108 valence electrons. The molecule has 0 radical (unpaired) electrons. The minimum atomic E-state index is -3.89. The second kappa shape index (κ2) is 5.28. The molecule has 0 amide bonds. The van der Waals surface area contributed by atoms with Crippen molar-refractivity contribution in [2.24, 2.45) is 0 Å². The Morgan fingerprint density at radius 2 is 1.74 bits per heavy atom. The van der Waals surface area contributed by atoms with Crippen LogP contribution >= 0.6 is 22.3 Å². The zero-order chi connectivity index (χ0) is 15.1. The van der Waals surface area contributed by atoms with Crippen LogP contribution in [0.15, 0.2) is 23.1 Å². The highest BCUT2D eigenvalue weighted by molar-refractivity contribution is 8.13. The smallest absolute Gasteiger partial charge is 0.264 e. The van der Waals surface area contributed by atoms with Crippen LogP contribution < -0.4 is 4.43 Å². The van der Waals surface area contributed by atoms with Crippen LogP contribution in [0, 0.1) is 0 Å². The fourth-order valence-corrected chi connectivity index (χ4v) is 3.61. The van der Waals surface area contributed by atoms with Crippen molar-refractivity contribution in [3.8, 4) is 5.75 Å². The minimum Gasteiger partial charge on any atom is -0.542 e. The van der Waals surface area contributed by atoms with E-state index in [0.29, 0.717) is 0 Å². The number of hydrogen-bond donors (Lipinski definition) is 0. The summed E-state index contributed by atoms with van der Waals surface area (Å²) in [6, 6.07) is 4.53. The van der Waals surface area contributed by atoms with Gasteiger partial charge in [-0.15, -0.1) is 0 Å². The van der Waals surface area contributed by atoms with E-state index in [4.69, 9.17) is 26.7 Å². The van der Waals surface area contributed by atoms with E-state index in [2.05, 4.69) is 20.8 Å². The van der Waals surface area contributed by atoms with Crippen molar-refractivity contribution in [2.75, 3.05) is 0 Å². The molecule has 0 unspecified atom stereocenters. The van der Waals surface area contributed by atoms with Gasteiger partial charge in [0.05, 0.1) is 5.02 Å². The molecule has 19 heavy (non-hydrogen) atoms. The second-order valence-electron chi connectivity index (χ2n) is 5.87. The third kappa shape index (κ3) is 3.87. The Labute approximate surface area is 125 Å². The van der Waals surface area contributed by atoms with Crippen molar-refractivity contribution in [2.45, 2.75) is 43.8 Å². The van der Waals surface area contributed by atoms with Gasteiger partial charge in [-0.25, -0.2) is 8.42 Å². The van der Waals surface area contributed by atoms with Gasteiger partial charge in [0.2, 0.25) is 0 Å². The first kappa shape index (κ1) is 16.8. The van der Waals surface area contributed by atoms with Crippen LogP contribution in [0.2, 0.25) is 23.2 Å². The highest BCUT2D eigenvalue weighted by atomic mass is 35.7. The molecule has 0 saturated heterocycles. The summed E-state index contributed by atoms with van der Waals surface area (Å²) in [5.74, 6) is 0.158. The Kier molecular flexibility index (Phi) is 4.67. The summed E-state index contributed by atoms with van der Waals surface area (Å²) < 4.78 is 29.2. The van der Waals surface area contributed by atoms with Crippen LogP contribution in [0.4, 0.5) is 0 Å². The van der Waals surface area contributed by atoms with Gasteiger partial charge in [-0.2, -0.15) is 0 Å². The van der Waals surface area contributed by atoms with Crippen LogP contribution in [0.1, 0.15) is 20.8 Å². The first-order valence-corrected chi connectivity index (χ1v) is 11.4. The van der Waals surface area contributed by atoms with Gasteiger partial charge < -0.3 is 4.43 Å². The predicted molar refractivity (Wildman–Crippen MR) is 82.3 cm³/mol. The maximum absolute atomic E-state index is 11.6. The Morgan fingerprint density at radius 1 is 1.21 bits per heavy atom. The molecule has 3 nitrogen and oxygen atoms in total. The molecule has 0 heterocycles. The van der Waals surface area contributed by atoms with Crippen LogP contribution in [0.25, 0.3) is 0 Å². The van der Waals surface area contributed by atoms with E-state index >= 15 is 0 Å². The average molecular weight is 341 g/mol. The molecule has 0 atom stereocenters. The van der Waals surface area contributed by atoms with Gasteiger partial charge in [0.25, 0.3) is 17.4 Å². The molecule has 1 aromatic rings. The predicted octanol–water partition coefficient (Wildman–Crippen LogP) is 4.65. The molecule has 0 aliphatic carbocycles. The number of benzene rings is 1. The number of hydrogen-bond acceptors (Lipinski definition) is 3. The van der Waals surface area contributed by atoms with E-state index in [1.165, 1.54) is 12.1 Å². The van der Waals surface area contributed by atoms with Gasteiger partial charge in [-0.05, 0) is 30.3 Å². The van der Waals surface area contributed by atoms with E-state index in [-0.39, 0.29) is 20.7 Å². The SMILES string of the molecule is CC(C)(C)[Si](C)(C)Oc1c(Cl)cccc1S(=O)(=O)Cl. The van der Waals surface area contributed by atoms with Crippen LogP contribution in [0.5, 0.6) is 5.75 Å². The molecule has 0 aliphatic heterocycles. The fourth-order valence-electron chi connectivity index (χ4n) is 1.19. The second-order valence-corrected chi connectivity index (χ2v) is 13.5. The lowest BCUT2D eigenvalue weighted by molar-refractivity contribution is 0.481. The van der Waals surface area contributed by atoms with Crippen molar-refractivity contribution in [1.29, 1.82) is 0 Å². The topological polar surface area (TPSA) is 43.4 Å². The molecule has 0 saturated carbocycles. The van der Waals surface area contributed by atoms with Crippen molar-refractivity contribution in [3.05, 3.63) is 23.2 Å². The first-order valence-electron chi connectivity index (χ1n) is 5.78. The monoisotopic (exact) mass is 340 g/mol. The number of para-hydroxylation sites is 1. The number of halogens is 2. The standard InChI is InChI=1S/C12H18Cl2O3SSi/c1-12(2,3)19(4,5)17-11-9(13)7-6-8-10(11)18(14,15)16/h6-8H,1-5H3. The average Bonchev–Trinajstić information content (AvgIpc) is 2.17. The summed E-state index contributed by atoms with van der Waals surface area (Å²) in [4.78, 5) is -0.0773. The molecule has 0 aliphatic rings. The molecule has 0 aromatic heterocycles. The van der Waals surface area contributed by atoms with Gasteiger partial charge in [0.15, 0.2) is 0 Å². The lowest BCUT2D eigenvalue weighted by Crippen LogP contribution is -2.44. The summed E-state index contributed by atoms with van der Waals surface area (Å²) >= 11 is 6.07. The first-order chi connectivity index (χ1) is 8.36. The summed E-state index contributed by atoms with van der Waals surface area (Å²) in [5, 5.41) is 0.186. The quantitative estimate of drug-likeness (QED) is 0.594.